The highest BCUT2D eigenvalue weighted by molar-refractivity contribution is 14.1. The van der Waals surface area contributed by atoms with E-state index in [1.165, 1.54) is 12.1 Å². The number of carbonyl (C=O) groups excluding carboxylic acids is 3. The highest BCUT2D eigenvalue weighted by Gasteiger charge is 2.48. The number of nitrogens with two attached hydrogens (primary N) is 1. The molecule has 2 amide bonds. The number of hydrogen-bond acceptors (Lipinski definition) is 15. The summed E-state index contributed by atoms with van der Waals surface area (Å²) in [6.07, 6.45) is -8.79. The molecule has 19 nitrogen and oxygen atoms in total. The van der Waals surface area contributed by atoms with E-state index >= 15 is 0 Å². The van der Waals surface area contributed by atoms with Gasteiger partial charge in [-0.15, -0.1) is 0 Å². The Morgan fingerprint density at radius 1 is 0.788 bits per heavy atom. The van der Waals surface area contributed by atoms with E-state index in [0.717, 1.165) is 3.57 Å². The number of carboxylic acids is 1. The standard InChI is InChI=1S/C41H42F5IN4O15/c42-28-29(43)31(45)38(32(46)30(28)44)65-27(54)7-11-62-13-15-63-14-12-61-10-6-25(52)49-8-5-26(53)50-23-16-19(18-51-9-1-2-20-21(47)17-22(48)34(55)33(20)51)3-4-24(23)64-41-37(58)35(56)36(57)39(66-41)40(59)60/h1-4,9,16-17,35-37,39,41,48,56-58H,5-8,10-15,18H2,(H4,49,50,52,53,55,59,60)/p+1/t35-,36-,37+,39-,41+/m0/s1. The zero-order valence-electron chi connectivity index (χ0n) is 34.3. The number of nitrogen functional groups attached to an aromatic ring is 1. The number of phenolic OH excluding ortho intramolecular Hbond substituents is 1. The lowest BCUT2D eigenvalue weighted by molar-refractivity contribution is -0.662. The van der Waals surface area contributed by atoms with Crippen molar-refractivity contribution in [3.05, 3.63) is 80.8 Å². The fourth-order valence-corrected chi connectivity index (χ4v) is 6.99. The molecule has 1 aliphatic rings. The third-order valence-corrected chi connectivity index (χ3v) is 10.5. The Bertz CT molecular complexity index is 2390. The van der Waals surface area contributed by atoms with Crippen molar-refractivity contribution in [1.29, 1.82) is 0 Å². The van der Waals surface area contributed by atoms with Gasteiger partial charge in [0.05, 0.1) is 62.8 Å². The molecule has 1 saturated heterocycles. The molecule has 0 unspecified atom stereocenters. The minimum Gasteiger partial charge on any atom is -0.501 e. The molecule has 0 saturated carbocycles. The van der Waals surface area contributed by atoms with E-state index in [0.29, 0.717) is 16.5 Å². The van der Waals surface area contributed by atoms with Gasteiger partial charge in [0.15, 0.2) is 18.8 Å². The van der Waals surface area contributed by atoms with E-state index in [2.05, 4.69) is 38.0 Å². The first-order valence-corrected chi connectivity index (χ1v) is 20.8. The van der Waals surface area contributed by atoms with Crippen LogP contribution in [0.2, 0.25) is 0 Å². The molecule has 9 N–H and O–H groups in total. The van der Waals surface area contributed by atoms with E-state index in [1.807, 2.05) is 0 Å². The maximum absolute atomic E-state index is 13.7. The van der Waals surface area contributed by atoms with Crippen molar-refractivity contribution in [3.8, 4) is 17.2 Å². The Labute approximate surface area is 384 Å². The van der Waals surface area contributed by atoms with E-state index in [1.54, 1.807) is 35.0 Å². The fourth-order valence-electron chi connectivity index (χ4n) is 6.22. The number of esters is 1. The third kappa shape index (κ3) is 13.1. The summed E-state index contributed by atoms with van der Waals surface area (Å²) in [5.74, 6) is -17.5. The van der Waals surface area contributed by atoms with Gasteiger partial charge < -0.3 is 70.3 Å². The summed E-state index contributed by atoms with van der Waals surface area (Å²) >= 11 is 2.09. The fraction of sp³-hybridized carbons (Fsp3) is 0.390. The van der Waals surface area contributed by atoms with Crippen LogP contribution in [-0.4, -0.2) is 126 Å². The quantitative estimate of drug-likeness (QED) is 0.00534. The number of aliphatic carboxylic acids is 1. The number of rotatable bonds is 22. The van der Waals surface area contributed by atoms with Gasteiger partial charge in [-0.25, -0.2) is 18.0 Å². The molecule has 5 atom stereocenters. The summed E-state index contributed by atoms with van der Waals surface area (Å²) in [4.78, 5) is 49.0. The van der Waals surface area contributed by atoms with Crippen LogP contribution in [0.4, 0.5) is 33.3 Å². The highest BCUT2D eigenvalue weighted by atomic mass is 127. The van der Waals surface area contributed by atoms with E-state index in [4.69, 9.17) is 29.4 Å². The lowest BCUT2D eigenvalue weighted by Crippen LogP contribution is -2.61. The molecule has 1 aromatic heterocycles. The number of aromatic hydroxyl groups is 1. The van der Waals surface area contributed by atoms with Crippen LogP contribution in [-0.2, 0) is 44.7 Å². The van der Waals surface area contributed by atoms with Crippen LogP contribution in [0.1, 0.15) is 24.8 Å². The number of hydrogen-bond donors (Lipinski definition) is 8. The van der Waals surface area contributed by atoms with Gasteiger partial charge in [0.25, 0.3) is 5.52 Å². The van der Waals surface area contributed by atoms with Crippen LogP contribution in [0.15, 0.2) is 42.6 Å². The average molecular weight is 1050 g/mol. The van der Waals surface area contributed by atoms with Crippen molar-refractivity contribution in [2.45, 2.75) is 56.5 Å². The first-order chi connectivity index (χ1) is 31.4. The van der Waals surface area contributed by atoms with Gasteiger partial charge in [-0.3, -0.25) is 14.4 Å². The van der Waals surface area contributed by atoms with E-state index in [-0.39, 0.29) is 88.4 Å². The second kappa shape index (κ2) is 23.8. The Balaban J connectivity index is 1.05. The van der Waals surface area contributed by atoms with Crippen LogP contribution in [0, 0.1) is 32.7 Å². The number of aromatic nitrogens is 1. The summed E-state index contributed by atoms with van der Waals surface area (Å²) in [6.45, 7) is -0.194. The Morgan fingerprint density at radius 3 is 2.06 bits per heavy atom. The molecule has 1 fully saturated rings. The number of ether oxygens (including phenoxy) is 6. The number of anilines is 2. The number of aliphatic hydroxyl groups excluding tert-OH is 3. The van der Waals surface area contributed by atoms with Gasteiger partial charge >= 0.3 is 11.9 Å². The highest BCUT2D eigenvalue weighted by Crippen LogP contribution is 2.34. The number of carbonyl (C=O) groups is 4. The molecule has 0 radical (unpaired) electrons. The first-order valence-electron chi connectivity index (χ1n) is 19.7. The van der Waals surface area contributed by atoms with Crippen molar-refractivity contribution < 1.29 is 99.7 Å². The maximum atomic E-state index is 13.7. The maximum Gasteiger partial charge on any atom is 0.335 e. The van der Waals surface area contributed by atoms with Gasteiger partial charge in [-0.1, -0.05) is 0 Å². The van der Waals surface area contributed by atoms with E-state index < -0.39 is 95.7 Å². The van der Waals surface area contributed by atoms with Gasteiger partial charge in [-0.05, 0) is 52.9 Å². The van der Waals surface area contributed by atoms with Crippen molar-refractivity contribution >= 4 is 68.6 Å². The van der Waals surface area contributed by atoms with Crippen LogP contribution < -0.4 is 30.4 Å². The molecule has 66 heavy (non-hydrogen) atoms. The topological polar surface area (TPSA) is 279 Å². The number of amides is 2. The van der Waals surface area contributed by atoms with Crippen molar-refractivity contribution in [2.75, 3.05) is 57.2 Å². The summed E-state index contributed by atoms with van der Waals surface area (Å²) in [5.41, 5.74) is 7.20. The molecule has 2 heterocycles. The number of phenols is 1. The van der Waals surface area contributed by atoms with Gasteiger partial charge in [0.1, 0.15) is 24.1 Å². The van der Waals surface area contributed by atoms with Crippen LogP contribution in [0.25, 0.3) is 10.9 Å². The van der Waals surface area contributed by atoms with Crippen LogP contribution in [0.5, 0.6) is 17.2 Å². The minimum atomic E-state index is -2.40. The van der Waals surface area contributed by atoms with Crippen LogP contribution in [0.3, 0.4) is 0 Å². The zero-order chi connectivity index (χ0) is 48.2. The molecule has 0 bridgehead atoms. The molecule has 5 rings (SSSR count). The smallest absolute Gasteiger partial charge is 0.335 e. The van der Waals surface area contributed by atoms with Crippen molar-refractivity contribution in [2.24, 2.45) is 0 Å². The number of benzene rings is 3. The second-order valence-corrected chi connectivity index (χ2v) is 15.4. The number of pyridine rings is 1. The molecule has 0 spiro atoms. The van der Waals surface area contributed by atoms with E-state index in [9.17, 15) is 66.7 Å². The molecule has 0 aliphatic carbocycles. The predicted molar refractivity (Wildman–Crippen MR) is 223 cm³/mol. The third-order valence-electron chi connectivity index (χ3n) is 9.56. The molecule has 1 aliphatic heterocycles. The first kappa shape index (κ1) is 51.4. The lowest BCUT2D eigenvalue weighted by Gasteiger charge is -2.38. The van der Waals surface area contributed by atoms with Crippen molar-refractivity contribution in [3.63, 3.8) is 0 Å². The number of fused-ring (bicyclic) bond motifs is 1. The number of nitrogens with zero attached hydrogens (tertiary/aromatic N) is 1. The number of nitrogens with one attached hydrogen (secondary N) is 2. The lowest BCUT2D eigenvalue weighted by atomic mass is 9.99. The summed E-state index contributed by atoms with van der Waals surface area (Å²) in [5, 5.41) is 57.3. The SMILES string of the molecule is Nc1cc(I)c2ccc[n+](Cc3ccc(O[C@@H]4O[C@H](C(=O)O)[C@@H](O)[C@H](O)[C@H]4O)c(NC(=O)CCNC(=O)CCOCCOCCOCCC(=O)Oc4c(F)c(F)c(F)c(F)c4F)c3)c2c1O. The average Bonchev–Trinajstić information content (AvgIpc) is 3.28. The number of halogens is 6. The Morgan fingerprint density at radius 2 is 1.41 bits per heavy atom. The van der Waals surface area contributed by atoms with Crippen LogP contribution >= 0.6 is 22.6 Å². The van der Waals surface area contributed by atoms with Crippen molar-refractivity contribution in [1.82, 2.24) is 5.32 Å². The molecule has 358 valence electrons. The van der Waals surface area contributed by atoms with Gasteiger partial charge in [0.2, 0.25) is 58.7 Å². The zero-order valence-corrected chi connectivity index (χ0v) is 36.5. The minimum absolute atomic E-state index is 0.0156. The second-order valence-electron chi connectivity index (χ2n) is 14.2. The normalized spacial score (nSPS) is 18.2. The summed E-state index contributed by atoms with van der Waals surface area (Å²) in [6, 6.07) is 9.69. The molecule has 25 heteroatoms. The molecular weight excluding hydrogens is 1010 g/mol. The Kier molecular flexibility index (Phi) is 18.5. The largest absolute Gasteiger partial charge is 0.501 e. The molecule has 4 aromatic rings. The predicted octanol–water partition coefficient (Wildman–Crippen LogP) is 1.91. The Hall–Kier alpha value is -5.55. The summed E-state index contributed by atoms with van der Waals surface area (Å²) < 4.78 is 101. The van der Waals surface area contributed by atoms with Gasteiger partial charge in [0, 0.05) is 34.6 Å². The monoisotopic (exact) mass is 1050 g/mol. The molecule has 3 aromatic carbocycles. The van der Waals surface area contributed by atoms with Gasteiger partial charge in [-0.2, -0.15) is 13.3 Å². The number of aliphatic hydroxyl groups is 3. The summed E-state index contributed by atoms with van der Waals surface area (Å²) in [7, 11) is 0. The number of carboxylic acid groups (broad SMARTS) is 1. The molecular formula is C41H43F5IN4O15+.